The number of rotatable bonds is 3. The first kappa shape index (κ1) is 22.2. The Morgan fingerprint density at radius 1 is 0.818 bits per heavy atom. The first-order valence-electron chi connectivity index (χ1n) is 9.27. The van der Waals surface area contributed by atoms with Crippen molar-refractivity contribution in [3.63, 3.8) is 0 Å². The molecule has 1 amide bonds. The van der Waals surface area contributed by atoms with Gasteiger partial charge in [-0.1, -0.05) is 12.1 Å². The van der Waals surface area contributed by atoms with Crippen LogP contribution in [0.3, 0.4) is 0 Å². The number of carbonyl (C=O) groups excluding carboxylic acids is 1. The molecule has 3 aromatic heterocycles. The number of benzene rings is 1. The van der Waals surface area contributed by atoms with Crippen LogP contribution in [0.5, 0.6) is 0 Å². The van der Waals surface area contributed by atoms with Crippen LogP contribution in [-0.4, -0.2) is 32.3 Å². The van der Waals surface area contributed by atoms with Gasteiger partial charge in [0.15, 0.2) is 5.65 Å². The zero-order valence-electron chi connectivity index (χ0n) is 16.7. The maximum atomic E-state index is 12.8. The lowest BCUT2D eigenvalue weighted by Crippen LogP contribution is -2.28. The largest absolute Gasteiger partial charge is 0.417 e. The lowest BCUT2D eigenvalue weighted by Gasteiger charge is -2.16. The van der Waals surface area contributed by atoms with E-state index < -0.39 is 29.4 Å². The molecule has 0 unspecified atom stereocenters. The fraction of sp³-hybridized carbons (Fsp3) is 0.143. The van der Waals surface area contributed by atoms with E-state index in [1.54, 1.807) is 0 Å². The second kappa shape index (κ2) is 7.87. The van der Waals surface area contributed by atoms with Crippen molar-refractivity contribution in [2.24, 2.45) is 0 Å². The summed E-state index contributed by atoms with van der Waals surface area (Å²) < 4.78 is 78.1. The molecule has 0 bridgehead atoms. The van der Waals surface area contributed by atoms with Crippen molar-refractivity contribution in [3.8, 4) is 11.3 Å². The topological polar surface area (TPSA) is 63.4 Å². The third-order valence-corrected chi connectivity index (χ3v) is 4.85. The van der Waals surface area contributed by atoms with Gasteiger partial charge in [0.05, 0.1) is 29.2 Å². The molecule has 0 saturated carbocycles. The molecule has 0 spiro atoms. The molecular formula is C21H13F6N5O. The number of alkyl halides is 6. The summed E-state index contributed by atoms with van der Waals surface area (Å²) >= 11 is 0. The second-order valence-electron chi connectivity index (χ2n) is 6.99. The monoisotopic (exact) mass is 465 g/mol. The second-order valence-corrected chi connectivity index (χ2v) is 6.99. The number of carbonyl (C=O) groups is 1. The van der Waals surface area contributed by atoms with E-state index in [9.17, 15) is 31.1 Å². The lowest BCUT2D eigenvalue weighted by atomic mass is 10.1. The fourth-order valence-electron chi connectivity index (χ4n) is 3.07. The molecule has 3 heterocycles. The molecule has 0 aliphatic rings. The number of pyridine rings is 1. The Labute approximate surface area is 182 Å². The number of hydrogen-bond acceptors (Lipinski definition) is 4. The number of imidazole rings is 1. The molecule has 33 heavy (non-hydrogen) atoms. The average molecular weight is 465 g/mol. The van der Waals surface area contributed by atoms with Gasteiger partial charge < -0.3 is 0 Å². The van der Waals surface area contributed by atoms with Crippen LogP contribution >= 0.6 is 0 Å². The summed E-state index contributed by atoms with van der Waals surface area (Å²) in [5, 5.41) is 0. The molecule has 0 saturated heterocycles. The van der Waals surface area contributed by atoms with Crippen molar-refractivity contribution in [2.45, 2.75) is 12.4 Å². The molecule has 4 rings (SSSR count). The third kappa shape index (κ3) is 4.36. The normalized spacial score (nSPS) is 12.2. The van der Waals surface area contributed by atoms with Crippen LogP contribution in [0.1, 0.15) is 21.6 Å². The van der Waals surface area contributed by atoms with Gasteiger partial charge in [0, 0.05) is 25.0 Å². The van der Waals surface area contributed by atoms with E-state index in [4.69, 9.17) is 0 Å². The standard InChI is InChI=1S/C21H13F6N5O/c1-31(17-7-6-14(8-29-17)21(25,26)27)19(33)15-11-32-16(9-30-18(32)10-28-15)12-2-4-13(5-3-12)20(22,23)24/h2-11H,1H3. The van der Waals surface area contributed by atoms with Crippen LogP contribution in [0.4, 0.5) is 32.2 Å². The maximum Gasteiger partial charge on any atom is 0.417 e. The van der Waals surface area contributed by atoms with Gasteiger partial charge >= 0.3 is 12.4 Å². The van der Waals surface area contributed by atoms with Crippen molar-refractivity contribution in [1.29, 1.82) is 0 Å². The van der Waals surface area contributed by atoms with Crippen LogP contribution in [0.2, 0.25) is 0 Å². The van der Waals surface area contributed by atoms with Gasteiger partial charge in [-0.15, -0.1) is 0 Å². The summed E-state index contributed by atoms with van der Waals surface area (Å²) in [4.78, 5) is 25.7. The van der Waals surface area contributed by atoms with E-state index in [-0.39, 0.29) is 11.5 Å². The average Bonchev–Trinajstić information content (AvgIpc) is 3.20. The van der Waals surface area contributed by atoms with E-state index >= 15 is 0 Å². The van der Waals surface area contributed by atoms with E-state index in [2.05, 4.69) is 15.0 Å². The minimum Gasteiger partial charge on any atom is -0.296 e. The first-order valence-corrected chi connectivity index (χ1v) is 9.27. The SMILES string of the molecule is CN(C(=O)c1cn2c(-c3ccc(C(F)(F)F)cc3)cnc2cn1)c1ccc(C(F)(F)F)cn1. The number of anilines is 1. The Bertz CT molecular complexity index is 1310. The van der Waals surface area contributed by atoms with E-state index in [0.29, 0.717) is 23.1 Å². The first-order chi connectivity index (χ1) is 15.4. The summed E-state index contributed by atoms with van der Waals surface area (Å²) in [5.41, 5.74) is -0.632. The Hall–Kier alpha value is -3.96. The maximum absolute atomic E-state index is 12.8. The highest BCUT2D eigenvalue weighted by atomic mass is 19.4. The van der Waals surface area contributed by atoms with Crippen molar-refractivity contribution < 1.29 is 31.1 Å². The number of aromatic nitrogens is 4. The highest BCUT2D eigenvalue weighted by Gasteiger charge is 2.31. The molecule has 6 nitrogen and oxygen atoms in total. The number of amides is 1. The Morgan fingerprint density at radius 2 is 1.45 bits per heavy atom. The minimum atomic E-state index is -4.56. The van der Waals surface area contributed by atoms with Gasteiger partial charge in [-0.05, 0) is 24.3 Å². The highest BCUT2D eigenvalue weighted by Crippen LogP contribution is 2.31. The van der Waals surface area contributed by atoms with Gasteiger partial charge in [-0.2, -0.15) is 26.3 Å². The van der Waals surface area contributed by atoms with Gasteiger partial charge in [0.25, 0.3) is 5.91 Å². The number of nitrogens with zero attached hydrogens (tertiary/aromatic N) is 5. The molecule has 12 heteroatoms. The van der Waals surface area contributed by atoms with Gasteiger partial charge in [-0.25, -0.2) is 15.0 Å². The third-order valence-electron chi connectivity index (χ3n) is 4.85. The highest BCUT2D eigenvalue weighted by molar-refractivity contribution is 6.03. The molecule has 0 atom stereocenters. The Morgan fingerprint density at radius 3 is 2.03 bits per heavy atom. The molecule has 0 aliphatic heterocycles. The van der Waals surface area contributed by atoms with Crippen molar-refractivity contribution >= 4 is 17.4 Å². The van der Waals surface area contributed by atoms with Crippen LogP contribution in [0, 0.1) is 0 Å². The minimum absolute atomic E-state index is 0.0245. The van der Waals surface area contributed by atoms with E-state index in [0.717, 1.165) is 29.2 Å². The van der Waals surface area contributed by atoms with E-state index in [1.165, 1.54) is 42.2 Å². The summed E-state index contributed by atoms with van der Waals surface area (Å²) in [6.45, 7) is 0. The van der Waals surface area contributed by atoms with Gasteiger partial charge in [-0.3, -0.25) is 14.1 Å². The zero-order valence-corrected chi connectivity index (χ0v) is 16.7. The van der Waals surface area contributed by atoms with Crippen molar-refractivity contribution in [3.05, 3.63) is 78.0 Å². The van der Waals surface area contributed by atoms with Crippen LogP contribution in [0.15, 0.2) is 61.2 Å². The molecule has 0 radical (unpaired) electrons. The predicted octanol–water partition coefficient (Wildman–Crippen LogP) is 5.11. The number of fused-ring (bicyclic) bond motifs is 1. The summed E-state index contributed by atoms with van der Waals surface area (Å²) in [6, 6.07) is 6.31. The summed E-state index contributed by atoms with van der Waals surface area (Å²) in [6.07, 6.45) is -4.34. The number of hydrogen-bond donors (Lipinski definition) is 0. The predicted molar refractivity (Wildman–Crippen MR) is 105 cm³/mol. The summed E-state index contributed by atoms with van der Waals surface area (Å²) in [7, 11) is 1.33. The van der Waals surface area contributed by atoms with Crippen LogP contribution < -0.4 is 4.90 Å². The van der Waals surface area contributed by atoms with Crippen molar-refractivity contribution in [2.75, 3.05) is 11.9 Å². The van der Waals surface area contributed by atoms with Crippen LogP contribution in [0.25, 0.3) is 16.9 Å². The molecular weight excluding hydrogens is 452 g/mol. The zero-order chi connectivity index (χ0) is 24.0. The smallest absolute Gasteiger partial charge is 0.296 e. The van der Waals surface area contributed by atoms with E-state index in [1.807, 2.05) is 0 Å². The molecule has 0 fully saturated rings. The van der Waals surface area contributed by atoms with Gasteiger partial charge in [0.1, 0.15) is 11.5 Å². The molecule has 1 aromatic carbocycles. The summed E-state index contributed by atoms with van der Waals surface area (Å²) in [5.74, 6) is -0.681. The quantitative estimate of drug-likeness (QED) is 0.395. The molecule has 0 aliphatic carbocycles. The van der Waals surface area contributed by atoms with Gasteiger partial charge in [0.2, 0.25) is 0 Å². The number of halogens is 6. The van der Waals surface area contributed by atoms with Crippen LogP contribution in [-0.2, 0) is 12.4 Å². The molecule has 4 aromatic rings. The lowest BCUT2D eigenvalue weighted by molar-refractivity contribution is -0.138. The molecule has 0 N–H and O–H groups in total. The molecule has 170 valence electrons. The fourth-order valence-corrected chi connectivity index (χ4v) is 3.07. The Balaban J connectivity index is 1.64. The Kier molecular flexibility index (Phi) is 5.30. The van der Waals surface area contributed by atoms with Crippen molar-refractivity contribution in [1.82, 2.24) is 19.4 Å².